The van der Waals surface area contributed by atoms with Gasteiger partial charge in [-0.1, -0.05) is 19.8 Å². The molecule has 1 rings (SSSR count). The van der Waals surface area contributed by atoms with Crippen molar-refractivity contribution in [2.45, 2.75) is 39.7 Å². The zero-order chi connectivity index (χ0) is 13.5. The lowest BCUT2D eigenvalue weighted by Crippen LogP contribution is -2.25. The van der Waals surface area contributed by atoms with Gasteiger partial charge in [0.15, 0.2) is 0 Å². The minimum atomic E-state index is -0.370. The van der Waals surface area contributed by atoms with Crippen LogP contribution < -0.4 is 5.56 Å². The van der Waals surface area contributed by atoms with E-state index in [1.165, 1.54) is 4.57 Å². The molecule has 0 saturated carbocycles. The van der Waals surface area contributed by atoms with Crippen LogP contribution in [0, 0.1) is 6.92 Å². The monoisotopic (exact) mass is 315 g/mol. The zero-order valence-corrected chi connectivity index (χ0v) is 12.3. The Labute approximate surface area is 115 Å². The van der Waals surface area contributed by atoms with Gasteiger partial charge in [0.25, 0.3) is 5.56 Å². The van der Waals surface area contributed by atoms with Crippen LogP contribution in [-0.2, 0) is 16.1 Å². The van der Waals surface area contributed by atoms with Crippen LogP contribution in [-0.4, -0.2) is 17.1 Å². The van der Waals surface area contributed by atoms with E-state index >= 15 is 0 Å². The van der Waals surface area contributed by atoms with Gasteiger partial charge in [0.2, 0.25) is 0 Å². The summed E-state index contributed by atoms with van der Waals surface area (Å²) >= 11 is 3.17. The Hall–Kier alpha value is -1.10. The summed E-state index contributed by atoms with van der Waals surface area (Å²) in [5.41, 5.74) is 0.700. The van der Waals surface area contributed by atoms with E-state index in [1.807, 2.05) is 6.92 Å². The average molecular weight is 316 g/mol. The second-order valence-corrected chi connectivity index (χ2v) is 5.08. The summed E-state index contributed by atoms with van der Waals surface area (Å²) < 4.78 is 6.89. The number of nitrogens with zero attached hydrogens (tertiary/aromatic N) is 1. The summed E-state index contributed by atoms with van der Waals surface area (Å²) in [7, 11) is 0. The lowest BCUT2D eigenvalue weighted by Gasteiger charge is -2.08. The summed E-state index contributed by atoms with van der Waals surface area (Å²) in [5.74, 6) is -0.370. The molecule has 0 aliphatic carbocycles. The first-order valence-corrected chi connectivity index (χ1v) is 6.86. The number of esters is 1. The smallest absolute Gasteiger partial charge is 0.326 e. The van der Waals surface area contributed by atoms with Crippen molar-refractivity contribution in [2.24, 2.45) is 0 Å². The highest BCUT2D eigenvalue weighted by Crippen LogP contribution is 2.06. The molecule has 0 aromatic carbocycles. The van der Waals surface area contributed by atoms with E-state index in [9.17, 15) is 9.59 Å². The number of halogens is 1. The Balaban J connectivity index is 2.57. The molecule has 0 saturated heterocycles. The Morgan fingerprint density at radius 1 is 1.44 bits per heavy atom. The Bertz CT molecular complexity index is 468. The van der Waals surface area contributed by atoms with Gasteiger partial charge in [0.05, 0.1) is 11.1 Å². The van der Waals surface area contributed by atoms with Crippen LogP contribution in [0.5, 0.6) is 0 Å². The second-order valence-electron chi connectivity index (χ2n) is 4.23. The van der Waals surface area contributed by atoms with E-state index in [1.54, 1.807) is 12.3 Å². The number of hydrogen-bond donors (Lipinski definition) is 0. The topological polar surface area (TPSA) is 48.3 Å². The first kappa shape index (κ1) is 15.0. The molecule has 0 fully saturated rings. The first-order chi connectivity index (χ1) is 8.54. The van der Waals surface area contributed by atoms with Crippen molar-refractivity contribution in [3.05, 3.63) is 32.7 Å². The van der Waals surface area contributed by atoms with Gasteiger partial charge in [-0.2, -0.15) is 0 Å². The van der Waals surface area contributed by atoms with Crippen LogP contribution >= 0.6 is 15.9 Å². The van der Waals surface area contributed by atoms with E-state index in [2.05, 4.69) is 22.9 Å². The molecule has 0 amide bonds. The molecule has 1 aromatic rings. The number of rotatable bonds is 6. The van der Waals surface area contributed by atoms with E-state index in [0.29, 0.717) is 11.1 Å². The molecule has 0 bridgehead atoms. The first-order valence-electron chi connectivity index (χ1n) is 6.06. The van der Waals surface area contributed by atoms with Crippen LogP contribution in [0.4, 0.5) is 0 Å². The molecule has 0 aliphatic heterocycles. The van der Waals surface area contributed by atoms with Crippen LogP contribution in [0.25, 0.3) is 0 Å². The number of hydrogen-bond acceptors (Lipinski definition) is 3. The third-order valence-electron chi connectivity index (χ3n) is 2.49. The molecule has 100 valence electrons. The van der Waals surface area contributed by atoms with Gasteiger partial charge >= 0.3 is 5.97 Å². The molecular weight excluding hydrogens is 298 g/mol. The fraction of sp³-hybridized carbons (Fsp3) is 0.538. The predicted octanol–water partition coefficient (Wildman–Crippen LogP) is 2.65. The van der Waals surface area contributed by atoms with Crippen LogP contribution in [0.3, 0.4) is 0 Å². The Morgan fingerprint density at radius 2 is 2.17 bits per heavy atom. The van der Waals surface area contributed by atoms with Gasteiger partial charge in [0, 0.05) is 6.20 Å². The standard InChI is InChI=1S/C13H18BrNO3/c1-3-4-5-6-18-12(16)9-15-8-10(2)7-11(14)13(15)17/h7-8H,3-6,9H2,1-2H3. The molecule has 0 N–H and O–H groups in total. The van der Waals surface area contributed by atoms with Crippen LogP contribution in [0.2, 0.25) is 0 Å². The SMILES string of the molecule is CCCCCOC(=O)Cn1cc(C)cc(Br)c1=O. The average Bonchev–Trinajstić information content (AvgIpc) is 2.31. The van der Waals surface area contributed by atoms with Crippen molar-refractivity contribution in [3.63, 3.8) is 0 Å². The molecule has 4 nitrogen and oxygen atoms in total. The quantitative estimate of drug-likeness (QED) is 0.599. The second kappa shape index (κ2) is 7.36. The molecule has 1 aromatic heterocycles. The lowest BCUT2D eigenvalue weighted by molar-refractivity contribution is -0.144. The summed E-state index contributed by atoms with van der Waals surface area (Å²) in [4.78, 5) is 23.3. The highest BCUT2D eigenvalue weighted by Gasteiger charge is 2.08. The summed E-state index contributed by atoms with van der Waals surface area (Å²) in [6, 6.07) is 1.73. The third-order valence-corrected chi connectivity index (χ3v) is 3.06. The normalized spacial score (nSPS) is 10.4. The van der Waals surface area contributed by atoms with Crippen molar-refractivity contribution in [3.8, 4) is 0 Å². The summed E-state index contributed by atoms with van der Waals surface area (Å²) in [6.07, 6.45) is 4.65. The van der Waals surface area contributed by atoms with Crippen molar-refractivity contribution in [1.29, 1.82) is 0 Å². The Morgan fingerprint density at radius 3 is 2.83 bits per heavy atom. The highest BCUT2D eigenvalue weighted by atomic mass is 79.9. The number of ether oxygens (including phenoxy) is 1. The van der Waals surface area contributed by atoms with Gasteiger partial charge in [-0.3, -0.25) is 9.59 Å². The van der Waals surface area contributed by atoms with Gasteiger partial charge in [-0.05, 0) is 40.9 Å². The maximum atomic E-state index is 11.7. The highest BCUT2D eigenvalue weighted by molar-refractivity contribution is 9.10. The number of pyridine rings is 1. The molecule has 18 heavy (non-hydrogen) atoms. The lowest BCUT2D eigenvalue weighted by atomic mass is 10.3. The molecular formula is C13H18BrNO3. The molecule has 5 heteroatoms. The van der Waals surface area contributed by atoms with Gasteiger partial charge < -0.3 is 9.30 Å². The fourth-order valence-corrected chi connectivity index (χ4v) is 2.17. The summed E-state index contributed by atoms with van der Waals surface area (Å²) in [5, 5.41) is 0. The van der Waals surface area contributed by atoms with Crippen molar-refractivity contribution < 1.29 is 9.53 Å². The van der Waals surface area contributed by atoms with Crippen molar-refractivity contribution >= 4 is 21.9 Å². The number of aryl methyl sites for hydroxylation is 1. The molecule has 0 aliphatic rings. The molecule has 0 atom stereocenters. The van der Waals surface area contributed by atoms with Crippen molar-refractivity contribution in [2.75, 3.05) is 6.61 Å². The largest absolute Gasteiger partial charge is 0.464 e. The Kier molecular flexibility index (Phi) is 6.12. The molecule has 0 spiro atoms. The van der Waals surface area contributed by atoms with Gasteiger partial charge in [-0.15, -0.1) is 0 Å². The molecule has 1 heterocycles. The maximum absolute atomic E-state index is 11.7. The molecule has 0 radical (unpaired) electrons. The number of carbonyl (C=O) groups is 1. The number of unbranched alkanes of at least 4 members (excludes halogenated alkanes) is 2. The van der Waals surface area contributed by atoms with Gasteiger partial charge in [-0.25, -0.2) is 0 Å². The van der Waals surface area contributed by atoms with Crippen LogP contribution in [0.1, 0.15) is 31.7 Å². The van der Waals surface area contributed by atoms with Crippen LogP contribution in [0.15, 0.2) is 21.5 Å². The fourth-order valence-electron chi connectivity index (χ4n) is 1.58. The summed E-state index contributed by atoms with van der Waals surface area (Å²) in [6.45, 7) is 4.35. The van der Waals surface area contributed by atoms with E-state index in [-0.39, 0.29) is 18.1 Å². The van der Waals surface area contributed by atoms with E-state index in [0.717, 1.165) is 24.8 Å². The third kappa shape index (κ3) is 4.64. The minimum absolute atomic E-state index is 0.0365. The van der Waals surface area contributed by atoms with E-state index in [4.69, 9.17) is 4.74 Å². The number of carbonyl (C=O) groups excluding carboxylic acids is 1. The van der Waals surface area contributed by atoms with E-state index < -0.39 is 0 Å². The predicted molar refractivity (Wildman–Crippen MR) is 73.6 cm³/mol. The minimum Gasteiger partial charge on any atom is -0.464 e. The maximum Gasteiger partial charge on any atom is 0.326 e. The zero-order valence-electron chi connectivity index (χ0n) is 10.7. The van der Waals surface area contributed by atoms with Gasteiger partial charge in [0.1, 0.15) is 6.54 Å². The number of aromatic nitrogens is 1. The molecule has 0 unspecified atom stereocenters. The van der Waals surface area contributed by atoms with Crippen molar-refractivity contribution in [1.82, 2.24) is 4.57 Å².